The second-order valence-corrected chi connectivity index (χ2v) is 5.51. The summed E-state index contributed by atoms with van der Waals surface area (Å²) in [5.41, 5.74) is 6.69. The average Bonchev–Trinajstić information content (AvgIpc) is 2.65. The maximum Gasteiger partial charge on any atom is 0.230 e. The van der Waals surface area contributed by atoms with Gasteiger partial charge in [0.25, 0.3) is 0 Å². The Morgan fingerprint density at radius 2 is 2.04 bits per heavy atom. The zero-order valence-corrected chi connectivity index (χ0v) is 15.4. The molecule has 27 heavy (non-hydrogen) atoms. The first-order valence-electron chi connectivity index (χ1n) is 8.12. The van der Waals surface area contributed by atoms with Gasteiger partial charge >= 0.3 is 0 Å². The van der Waals surface area contributed by atoms with Crippen LogP contribution in [0.5, 0.6) is 11.5 Å². The predicted molar refractivity (Wildman–Crippen MR) is 104 cm³/mol. The lowest BCUT2D eigenvalue weighted by Gasteiger charge is -2.12. The molecule has 2 N–H and O–H groups in total. The van der Waals surface area contributed by atoms with E-state index in [-0.39, 0.29) is 24.0 Å². The summed E-state index contributed by atoms with van der Waals surface area (Å²) in [6, 6.07) is 7.36. The van der Waals surface area contributed by atoms with E-state index in [1.165, 1.54) is 0 Å². The number of nitrogens with two attached hydrogens (primary N) is 1. The van der Waals surface area contributed by atoms with Crippen LogP contribution in [0.15, 0.2) is 18.2 Å². The number of terminal acetylenes is 1. The molecule has 1 heterocycles. The van der Waals surface area contributed by atoms with E-state index in [0.717, 1.165) is 0 Å². The van der Waals surface area contributed by atoms with Gasteiger partial charge in [0.2, 0.25) is 11.9 Å². The van der Waals surface area contributed by atoms with Crippen LogP contribution in [0.1, 0.15) is 18.3 Å². The Hall–Kier alpha value is -3.78. The summed E-state index contributed by atoms with van der Waals surface area (Å²) in [5, 5.41) is 9.55. The average molecular weight is 364 g/mol. The zero-order chi connectivity index (χ0) is 19.8. The summed E-state index contributed by atoms with van der Waals surface area (Å²) in [6.07, 6.45) is 6.87. The summed E-state index contributed by atoms with van der Waals surface area (Å²) in [6.45, 7) is 2.46. The van der Waals surface area contributed by atoms with Gasteiger partial charge in [0, 0.05) is 14.1 Å². The molecule has 0 radical (unpaired) electrons. The topological polar surface area (TPSA) is 110 Å². The van der Waals surface area contributed by atoms with Crippen LogP contribution >= 0.6 is 0 Å². The summed E-state index contributed by atoms with van der Waals surface area (Å²) in [5.74, 6) is 4.08. The number of nitrogen functional groups attached to an aromatic ring is 1. The number of aromatic nitrogens is 3. The summed E-state index contributed by atoms with van der Waals surface area (Å²) in [4.78, 5) is 14.0. The van der Waals surface area contributed by atoms with Gasteiger partial charge < -0.3 is 20.1 Å². The van der Waals surface area contributed by atoms with Crippen molar-refractivity contribution in [3.63, 3.8) is 0 Å². The number of allylic oxidation sites excluding steroid dienone is 1. The Morgan fingerprint density at radius 1 is 1.26 bits per heavy atom. The van der Waals surface area contributed by atoms with Crippen LogP contribution < -0.4 is 20.1 Å². The molecule has 0 amide bonds. The van der Waals surface area contributed by atoms with Crippen LogP contribution in [0.2, 0.25) is 0 Å². The van der Waals surface area contributed by atoms with Gasteiger partial charge in [0.1, 0.15) is 12.7 Å². The van der Waals surface area contributed by atoms with E-state index < -0.39 is 0 Å². The van der Waals surface area contributed by atoms with Crippen molar-refractivity contribution in [1.29, 1.82) is 5.26 Å². The highest BCUT2D eigenvalue weighted by atomic mass is 16.5. The first kappa shape index (κ1) is 19.5. The second kappa shape index (κ2) is 9.07. The highest BCUT2D eigenvalue weighted by Crippen LogP contribution is 2.30. The monoisotopic (exact) mass is 364 g/mol. The van der Waals surface area contributed by atoms with E-state index in [2.05, 4.69) is 26.9 Å². The van der Waals surface area contributed by atoms with E-state index in [1.807, 2.05) is 6.92 Å². The summed E-state index contributed by atoms with van der Waals surface area (Å²) in [7, 11) is 3.55. The standard InChI is InChI=1S/C19H20N6O2/c1-5-9-27-15-8-7-13(11-16(15)26-6-2)10-14(12-20)17-22-18(21)24-19(23-17)25(3)4/h1,7-8,10-11H,6,9H2,2-4H3,(H2,21,22,23,24)/b14-10+. The van der Waals surface area contributed by atoms with Gasteiger partial charge in [0.05, 0.1) is 12.2 Å². The van der Waals surface area contributed by atoms with Crippen LogP contribution in [0, 0.1) is 23.7 Å². The van der Waals surface area contributed by atoms with Gasteiger partial charge in [-0.05, 0) is 30.7 Å². The molecule has 0 unspecified atom stereocenters. The number of ether oxygens (including phenoxy) is 2. The molecule has 0 spiro atoms. The second-order valence-electron chi connectivity index (χ2n) is 5.51. The Balaban J connectivity index is 2.45. The normalized spacial score (nSPS) is 10.6. The van der Waals surface area contributed by atoms with Crippen molar-refractivity contribution in [2.24, 2.45) is 0 Å². The van der Waals surface area contributed by atoms with E-state index in [4.69, 9.17) is 21.6 Å². The predicted octanol–water partition coefficient (Wildman–Crippen LogP) is 1.99. The highest BCUT2D eigenvalue weighted by molar-refractivity contribution is 5.87. The molecule has 0 aliphatic rings. The van der Waals surface area contributed by atoms with Crippen LogP contribution in [0.3, 0.4) is 0 Å². The lowest BCUT2D eigenvalue weighted by Crippen LogP contribution is -2.15. The van der Waals surface area contributed by atoms with Crippen molar-refractivity contribution in [3.05, 3.63) is 29.6 Å². The van der Waals surface area contributed by atoms with Crippen molar-refractivity contribution in [2.45, 2.75) is 6.92 Å². The molecular weight excluding hydrogens is 344 g/mol. The number of benzene rings is 1. The zero-order valence-electron chi connectivity index (χ0n) is 15.4. The van der Waals surface area contributed by atoms with Crippen molar-refractivity contribution in [3.8, 4) is 29.9 Å². The Kier molecular flexibility index (Phi) is 6.56. The number of nitriles is 1. The first-order valence-corrected chi connectivity index (χ1v) is 8.12. The SMILES string of the molecule is C#CCOc1ccc(/C=C(\C#N)c2nc(N)nc(N(C)C)n2)cc1OCC. The molecule has 1 aromatic carbocycles. The van der Waals surface area contributed by atoms with E-state index in [0.29, 0.717) is 29.6 Å². The fourth-order valence-electron chi connectivity index (χ4n) is 2.14. The molecule has 2 aromatic rings. The third-order valence-electron chi connectivity index (χ3n) is 3.29. The number of anilines is 2. The van der Waals surface area contributed by atoms with Crippen molar-refractivity contribution in [2.75, 3.05) is 37.9 Å². The summed E-state index contributed by atoms with van der Waals surface area (Å²) < 4.78 is 11.1. The van der Waals surface area contributed by atoms with Crippen molar-refractivity contribution >= 4 is 23.5 Å². The largest absolute Gasteiger partial charge is 0.490 e. The van der Waals surface area contributed by atoms with Crippen LogP contribution in [-0.2, 0) is 0 Å². The minimum atomic E-state index is 0.0397. The molecule has 0 aliphatic heterocycles. The van der Waals surface area contributed by atoms with Gasteiger partial charge in [-0.1, -0.05) is 12.0 Å². The molecule has 8 heteroatoms. The lowest BCUT2D eigenvalue weighted by molar-refractivity contribution is 0.299. The van der Waals surface area contributed by atoms with Crippen molar-refractivity contribution in [1.82, 2.24) is 15.0 Å². The molecule has 0 atom stereocenters. The van der Waals surface area contributed by atoms with Gasteiger partial charge in [0.15, 0.2) is 17.3 Å². The van der Waals surface area contributed by atoms with E-state index in [1.54, 1.807) is 43.3 Å². The number of nitrogens with zero attached hydrogens (tertiary/aromatic N) is 5. The van der Waals surface area contributed by atoms with Crippen molar-refractivity contribution < 1.29 is 9.47 Å². The van der Waals surface area contributed by atoms with Crippen LogP contribution in [0.4, 0.5) is 11.9 Å². The maximum absolute atomic E-state index is 9.55. The van der Waals surface area contributed by atoms with Gasteiger partial charge in [-0.3, -0.25) is 0 Å². The smallest absolute Gasteiger partial charge is 0.230 e. The molecule has 0 bridgehead atoms. The Morgan fingerprint density at radius 3 is 2.67 bits per heavy atom. The quantitative estimate of drug-likeness (QED) is 0.587. The number of hydrogen-bond donors (Lipinski definition) is 1. The Bertz CT molecular complexity index is 925. The molecule has 138 valence electrons. The Labute approximate surface area is 158 Å². The molecule has 2 rings (SSSR count). The van der Waals surface area contributed by atoms with Crippen LogP contribution in [-0.4, -0.2) is 42.3 Å². The van der Waals surface area contributed by atoms with Gasteiger partial charge in [-0.25, -0.2) is 0 Å². The molecule has 0 saturated heterocycles. The highest BCUT2D eigenvalue weighted by Gasteiger charge is 2.12. The third-order valence-corrected chi connectivity index (χ3v) is 3.29. The molecule has 0 fully saturated rings. The molecular formula is C19H20N6O2. The van der Waals surface area contributed by atoms with Gasteiger partial charge in [-0.2, -0.15) is 20.2 Å². The molecule has 0 saturated carbocycles. The minimum Gasteiger partial charge on any atom is -0.490 e. The molecule has 1 aromatic heterocycles. The fraction of sp³-hybridized carbons (Fsp3) is 0.263. The fourth-order valence-corrected chi connectivity index (χ4v) is 2.14. The number of hydrogen-bond acceptors (Lipinski definition) is 8. The molecule has 8 nitrogen and oxygen atoms in total. The molecule has 0 aliphatic carbocycles. The first-order chi connectivity index (χ1) is 13.0. The van der Waals surface area contributed by atoms with Crippen LogP contribution in [0.25, 0.3) is 11.6 Å². The van der Waals surface area contributed by atoms with Gasteiger partial charge in [-0.15, -0.1) is 6.42 Å². The third kappa shape index (κ3) is 5.10. The van der Waals surface area contributed by atoms with E-state index >= 15 is 0 Å². The maximum atomic E-state index is 9.55. The lowest BCUT2D eigenvalue weighted by atomic mass is 10.1. The number of rotatable bonds is 7. The minimum absolute atomic E-state index is 0.0397. The van der Waals surface area contributed by atoms with E-state index in [9.17, 15) is 5.26 Å². The summed E-state index contributed by atoms with van der Waals surface area (Å²) >= 11 is 0.